The predicted molar refractivity (Wildman–Crippen MR) is 114 cm³/mol. The Kier molecular flexibility index (Phi) is 7.05. The second-order valence-electron chi connectivity index (χ2n) is 6.83. The van der Waals surface area contributed by atoms with Crippen LogP contribution >= 0.6 is 23.4 Å². The number of ether oxygens (including phenoxy) is 2. The third-order valence-electron chi connectivity index (χ3n) is 4.38. The van der Waals surface area contributed by atoms with Crippen LogP contribution in [0.3, 0.4) is 0 Å². The number of rotatable bonds is 8. The third-order valence-corrected chi connectivity index (χ3v) is 5.78. The highest BCUT2D eigenvalue weighted by atomic mass is 35.5. The molecule has 0 aliphatic heterocycles. The Morgan fingerprint density at radius 3 is 2.50 bits per heavy atom. The Morgan fingerprint density at radius 1 is 1.11 bits per heavy atom. The van der Waals surface area contributed by atoms with E-state index in [1.54, 1.807) is 18.9 Å². The van der Waals surface area contributed by atoms with Crippen molar-refractivity contribution in [3.8, 4) is 5.75 Å². The molecule has 4 nitrogen and oxygen atoms in total. The molecule has 0 aliphatic carbocycles. The topological polar surface area (TPSA) is 36.3 Å². The molecular weight excluding hydrogens is 392 g/mol. The molecule has 0 aliphatic rings. The minimum Gasteiger partial charge on any atom is -0.497 e. The summed E-state index contributed by atoms with van der Waals surface area (Å²) < 4.78 is 13.2. The first-order valence-corrected chi connectivity index (χ1v) is 10.4. The van der Waals surface area contributed by atoms with Crippen LogP contribution in [-0.4, -0.2) is 16.7 Å². The Hall–Kier alpha value is -1.95. The van der Waals surface area contributed by atoms with Gasteiger partial charge in [-0.05, 0) is 41.8 Å². The molecule has 0 N–H and O–H groups in total. The van der Waals surface area contributed by atoms with E-state index < -0.39 is 0 Å². The molecular formula is C22H25ClN2O2S. The molecule has 0 unspecified atom stereocenters. The van der Waals surface area contributed by atoms with Crippen molar-refractivity contribution < 1.29 is 9.47 Å². The lowest BCUT2D eigenvalue weighted by molar-refractivity contribution is 0.0995. The molecule has 0 radical (unpaired) electrons. The van der Waals surface area contributed by atoms with Crippen molar-refractivity contribution in [2.75, 3.05) is 7.11 Å². The molecule has 0 bridgehead atoms. The lowest BCUT2D eigenvalue weighted by atomic mass is 10.2. The van der Waals surface area contributed by atoms with E-state index >= 15 is 0 Å². The molecule has 28 heavy (non-hydrogen) atoms. The normalized spacial score (nSPS) is 11.2. The molecule has 0 fully saturated rings. The zero-order valence-corrected chi connectivity index (χ0v) is 18.2. The highest BCUT2D eigenvalue weighted by molar-refractivity contribution is 7.99. The zero-order valence-electron chi connectivity index (χ0n) is 16.6. The Bertz CT molecular complexity index is 923. The lowest BCUT2D eigenvalue weighted by Crippen LogP contribution is -2.02. The van der Waals surface area contributed by atoms with Crippen LogP contribution in [0.1, 0.15) is 36.8 Å². The summed E-state index contributed by atoms with van der Waals surface area (Å²) in [4.78, 5) is 5.95. The quantitative estimate of drug-likeness (QED) is 0.446. The van der Waals surface area contributed by atoms with Crippen LogP contribution in [0.25, 0.3) is 0 Å². The summed E-state index contributed by atoms with van der Waals surface area (Å²) in [6.07, 6.45) is 0. The molecule has 0 saturated carbocycles. The number of aromatic nitrogens is 2. The van der Waals surface area contributed by atoms with Crippen LogP contribution in [-0.2, 0) is 25.0 Å². The standard InChI is InChI=1S/C22H25ClN2O2S/c1-15(2)21-22(28-19-7-5-6-17(23)12-19)25(3)20(24-21)14-27-13-16-8-10-18(26-4)11-9-16/h5-12,15H,13-14H2,1-4H3. The van der Waals surface area contributed by atoms with E-state index in [2.05, 4.69) is 24.5 Å². The van der Waals surface area contributed by atoms with Crippen molar-refractivity contribution >= 4 is 23.4 Å². The van der Waals surface area contributed by atoms with E-state index in [1.165, 1.54) is 0 Å². The first-order chi connectivity index (χ1) is 13.5. The number of benzene rings is 2. The van der Waals surface area contributed by atoms with Crippen molar-refractivity contribution in [1.29, 1.82) is 0 Å². The smallest absolute Gasteiger partial charge is 0.135 e. The summed E-state index contributed by atoms with van der Waals surface area (Å²) in [5.74, 6) is 2.09. The SMILES string of the molecule is COc1ccc(COCc2nc(C(C)C)c(Sc3cccc(Cl)c3)n2C)cc1. The summed E-state index contributed by atoms with van der Waals surface area (Å²) in [6.45, 7) is 5.31. The van der Waals surface area contributed by atoms with Crippen LogP contribution in [0.15, 0.2) is 58.5 Å². The van der Waals surface area contributed by atoms with E-state index in [1.807, 2.05) is 49.5 Å². The fraction of sp³-hybridized carbons (Fsp3) is 0.318. The van der Waals surface area contributed by atoms with E-state index in [0.29, 0.717) is 19.1 Å². The van der Waals surface area contributed by atoms with Gasteiger partial charge in [0.2, 0.25) is 0 Å². The van der Waals surface area contributed by atoms with Gasteiger partial charge in [0.25, 0.3) is 0 Å². The van der Waals surface area contributed by atoms with Crippen molar-refractivity contribution in [3.05, 3.63) is 70.6 Å². The van der Waals surface area contributed by atoms with Gasteiger partial charge in [-0.1, -0.05) is 55.4 Å². The molecule has 3 rings (SSSR count). The van der Waals surface area contributed by atoms with Crippen molar-refractivity contribution in [2.24, 2.45) is 7.05 Å². The predicted octanol–water partition coefficient (Wildman–Crippen LogP) is 6.07. The summed E-state index contributed by atoms with van der Waals surface area (Å²) in [6, 6.07) is 15.8. The average Bonchev–Trinajstić information content (AvgIpc) is 2.99. The Morgan fingerprint density at radius 2 is 1.86 bits per heavy atom. The van der Waals surface area contributed by atoms with Gasteiger partial charge in [0.1, 0.15) is 23.2 Å². The maximum absolute atomic E-state index is 6.14. The molecule has 0 atom stereocenters. The first-order valence-electron chi connectivity index (χ1n) is 9.17. The van der Waals surface area contributed by atoms with Crippen LogP contribution < -0.4 is 4.74 Å². The van der Waals surface area contributed by atoms with Gasteiger partial charge in [0.15, 0.2) is 0 Å². The molecule has 6 heteroatoms. The zero-order chi connectivity index (χ0) is 20.1. The van der Waals surface area contributed by atoms with E-state index in [9.17, 15) is 0 Å². The number of nitrogens with zero attached hydrogens (tertiary/aromatic N) is 2. The number of methoxy groups -OCH3 is 1. The monoisotopic (exact) mass is 416 g/mol. The van der Waals surface area contributed by atoms with Crippen molar-refractivity contribution in [1.82, 2.24) is 9.55 Å². The van der Waals surface area contributed by atoms with Crippen LogP contribution in [0.2, 0.25) is 5.02 Å². The summed E-state index contributed by atoms with van der Waals surface area (Å²) in [5, 5.41) is 1.86. The van der Waals surface area contributed by atoms with Gasteiger partial charge in [-0.25, -0.2) is 4.98 Å². The van der Waals surface area contributed by atoms with Crippen LogP contribution in [0, 0.1) is 0 Å². The molecule has 148 valence electrons. The fourth-order valence-electron chi connectivity index (χ4n) is 2.80. The molecule has 0 saturated heterocycles. The molecule has 0 amide bonds. The largest absolute Gasteiger partial charge is 0.497 e. The van der Waals surface area contributed by atoms with Gasteiger partial charge < -0.3 is 14.0 Å². The van der Waals surface area contributed by atoms with Gasteiger partial charge in [-0.3, -0.25) is 0 Å². The molecule has 0 spiro atoms. The third kappa shape index (κ3) is 5.10. The molecule has 1 aromatic heterocycles. The fourth-order valence-corrected chi connectivity index (χ4v) is 4.24. The lowest BCUT2D eigenvalue weighted by Gasteiger charge is -2.09. The van der Waals surface area contributed by atoms with Crippen LogP contribution in [0.4, 0.5) is 0 Å². The van der Waals surface area contributed by atoms with Gasteiger partial charge in [0.05, 0.1) is 19.4 Å². The highest BCUT2D eigenvalue weighted by Gasteiger charge is 2.18. The van der Waals surface area contributed by atoms with Gasteiger partial charge in [0, 0.05) is 17.0 Å². The first kappa shape index (κ1) is 20.8. The summed E-state index contributed by atoms with van der Waals surface area (Å²) in [5.41, 5.74) is 2.18. The molecule has 3 aromatic rings. The number of imidazole rings is 1. The van der Waals surface area contributed by atoms with E-state index in [-0.39, 0.29) is 0 Å². The van der Waals surface area contributed by atoms with Gasteiger partial charge in [-0.15, -0.1) is 0 Å². The van der Waals surface area contributed by atoms with E-state index in [4.69, 9.17) is 26.1 Å². The summed E-state index contributed by atoms with van der Waals surface area (Å²) in [7, 11) is 3.70. The highest BCUT2D eigenvalue weighted by Crippen LogP contribution is 2.35. The molecule has 1 heterocycles. The number of hydrogen-bond donors (Lipinski definition) is 0. The van der Waals surface area contributed by atoms with Crippen molar-refractivity contribution in [2.45, 2.75) is 42.9 Å². The van der Waals surface area contributed by atoms with Crippen LogP contribution in [0.5, 0.6) is 5.75 Å². The minimum atomic E-state index is 0.322. The maximum atomic E-state index is 6.14. The summed E-state index contributed by atoms with van der Waals surface area (Å²) >= 11 is 7.83. The minimum absolute atomic E-state index is 0.322. The second kappa shape index (κ2) is 9.50. The van der Waals surface area contributed by atoms with E-state index in [0.717, 1.165) is 37.8 Å². The Labute approximate surface area is 175 Å². The number of halogens is 1. The second-order valence-corrected chi connectivity index (χ2v) is 8.33. The molecule has 2 aromatic carbocycles. The van der Waals surface area contributed by atoms with Crippen molar-refractivity contribution in [3.63, 3.8) is 0 Å². The van der Waals surface area contributed by atoms with Gasteiger partial charge >= 0.3 is 0 Å². The Balaban J connectivity index is 1.72. The number of hydrogen-bond acceptors (Lipinski definition) is 4. The average molecular weight is 417 g/mol. The van der Waals surface area contributed by atoms with Gasteiger partial charge in [-0.2, -0.15) is 0 Å². The maximum Gasteiger partial charge on any atom is 0.135 e.